The minimum Gasteiger partial charge on any atom is -0.493 e. The highest BCUT2D eigenvalue weighted by Crippen LogP contribution is 2.32. The third-order valence-electron chi connectivity index (χ3n) is 6.28. The Hall–Kier alpha value is -5.30. The van der Waals surface area contributed by atoms with Gasteiger partial charge in [-0.25, -0.2) is 0 Å². The molecular weight excluding hydrogens is 552 g/mol. The maximum Gasteiger partial charge on any atom is 0.413 e. The lowest BCUT2D eigenvalue weighted by Crippen LogP contribution is -2.26. The van der Waals surface area contributed by atoms with Gasteiger partial charge in [0.05, 0.1) is 25.9 Å². The van der Waals surface area contributed by atoms with Gasteiger partial charge in [-0.05, 0) is 44.5 Å². The number of tetrazole rings is 1. The quantitative estimate of drug-likeness (QED) is 0.181. The van der Waals surface area contributed by atoms with Gasteiger partial charge in [0.2, 0.25) is 5.82 Å². The summed E-state index contributed by atoms with van der Waals surface area (Å²) in [5, 5.41) is 32.7. The number of halogens is 1. The van der Waals surface area contributed by atoms with E-state index in [0.29, 0.717) is 22.9 Å². The highest BCUT2D eigenvalue weighted by Gasteiger charge is 2.26. The molecular formula is C27H23ClN8O5. The highest BCUT2D eigenvalue weighted by atomic mass is 35.5. The van der Waals surface area contributed by atoms with Gasteiger partial charge in [0.15, 0.2) is 17.2 Å². The number of methoxy groups -OCH3 is 2. The second-order valence-electron chi connectivity index (χ2n) is 8.75. The van der Waals surface area contributed by atoms with Gasteiger partial charge in [0.1, 0.15) is 5.02 Å². The molecule has 14 heteroatoms. The fraction of sp³-hybridized carbons (Fsp3) is 0.148. The summed E-state index contributed by atoms with van der Waals surface area (Å²) in [6.45, 7) is 0.0982. The average Bonchev–Trinajstić information content (AvgIpc) is 3.54. The van der Waals surface area contributed by atoms with Crippen LogP contribution in [0.3, 0.4) is 0 Å². The molecule has 0 radical (unpaired) electrons. The maximum atomic E-state index is 13.1. The third-order valence-corrected chi connectivity index (χ3v) is 6.63. The first-order valence-electron chi connectivity index (χ1n) is 12.2. The Morgan fingerprint density at radius 2 is 1.71 bits per heavy atom. The molecule has 5 aromatic rings. The molecule has 208 valence electrons. The van der Waals surface area contributed by atoms with Crippen LogP contribution >= 0.6 is 11.6 Å². The number of hydrogen-bond acceptors (Lipinski definition) is 10. The van der Waals surface area contributed by atoms with E-state index in [0.717, 1.165) is 26.9 Å². The SMILES string of the molecule is COc1ccc(CNc2c([N+](=O)[O-])nn(Cc3ccc(-c4ccccc4-c4nn[nH]n4)cc3)c(=O)c2Cl)cc1OC. The summed E-state index contributed by atoms with van der Waals surface area (Å²) in [7, 11) is 3.02. The Kier molecular flexibility index (Phi) is 7.87. The van der Waals surface area contributed by atoms with Crippen molar-refractivity contribution in [3.63, 3.8) is 0 Å². The van der Waals surface area contributed by atoms with Crippen molar-refractivity contribution in [2.45, 2.75) is 13.1 Å². The summed E-state index contributed by atoms with van der Waals surface area (Å²) in [6.07, 6.45) is 0. The van der Waals surface area contributed by atoms with Gasteiger partial charge in [-0.15, -0.1) is 14.9 Å². The zero-order valence-electron chi connectivity index (χ0n) is 21.9. The molecule has 0 saturated carbocycles. The molecule has 0 atom stereocenters. The molecule has 0 spiro atoms. The second-order valence-corrected chi connectivity index (χ2v) is 9.13. The van der Waals surface area contributed by atoms with Crippen molar-refractivity contribution in [3.8, 4) is 34.0 Å². The van der Waals surface area contributed by atoms with E-state index in [1.54, 1.807) is 30.3 Å². The number of nitrogens with one attached hydrogen (secondary N) is 2. The number of hydrogen-bond donors (Lipinski definition) is 2. The molecule has 0 aliphatic carbocycles. The lowest BCUT2D eigenvalue weighted by molar-refractivity contribution is -0.389. The molecule has 0 unspecified atom stereocenters. The van der Waals surface area contributed by atoms with Crippen molar-refractivity contribution in [2.24, 2.45) is 0 Å². The number of nitro groups is 1. The third kappa shape index (κ3) is 5.70. The number of aromatic amines is 1. The summed E-state index contributed by atoms with van der Waals surface area (Å²) in [4.78, 5) is 24.3. The molecule has 5 rings (SSSR count). The van der Waals surface area contributed by atoms with Gasteiger partial charge in [-0.3, -0.25) is 4.79 Å². The topological polar surface area (TPSA) is 163 Å². The van der Waals surface area contributed by atoms with Crippen LogP contribution in [0.5, 0.6) is 11.5 Å². The fourth-order valence-corrected chi connectivity index (χ4v) is 4.52. The van der Waals surface area contributed by atoms with E-state index >= 15 is 0 Å². The van der Waals surface area contributed by atoms with Gasteiger partial charge in [-0.2, -0.15) is 5.21 Å². The number of benzene rings is 3. The van der Waals surface area contributed by atoms with Gasteiger partial charge >= 0.3 is 11.4 Å². The standard InChI is InChI=1S/C27H23ClN8O5/c1-40-21-12-9-17(13-22(21)41-2)14-29-24-23(28)27(37)35(32-26(24)36(38)39)15-16-7-10-18(11-8-16)19-5-3-4-6-20(19)25-30-33-34-31-25/h3-13,29H,14-15H2,1-2H3,(H,30,31,33,34). The lowest BCUT2D eigenvalue weighted by Gasteiger charge is -2.12. The maximum absolute atomic E-state index is 13.1. The Labute approximate surface area is 237 Å². The zero-order chi connectivity index (χ0) is 28.9. The van der Waals surface area contributed by atoms with Crippen LogP contribution in [0, 0.1) is 10.1 Å². The summed E-state index contributed by atoms with van der Waals surface area (Å²) >= 11 is 6.35. The number of aromatic nitrogens is 6. The van der Waals surface area contributed by atoms with Crippen LogP contribution in [0.4, 0.5) is 11.5 Å². The molecule has 41 heavy (non-hydrogen) atoms. The molecule has 2 heterocycles. The average molecular weight is 575 g/mol. The van der Waals surface area contributed by atoms with E-state index in [1.165, 1.54) is 14.2 Å². The number of rotatable bonds is 10. The Balaban J connectivity index is 1.39. The van der Waals surface area contributed by atoms with Crippen molar-refractivity contribution in [2.75, 3.05) is 19.5 Å². The molecule has 2 N–H and O–H groups in total. The smallest absolute Gasteiger partial charge is 0.413 e. The predicted molar refractivity (Wildman–Crippen MR) is 151 cm³/mol. The highest BCUT2D eigenvalue weighted by molar-refractivity contribution is 6.33. The van der Waals surface area contributed by atoms with Crippen molar-refractivity contribution >= 4 is 23.1 Å². The molecule has 0 amide bonds. The van der Waals surface area contributed by atoms with Gasteiger partial charge in [0.25, 0.3) is 0 Å². The monoisotopic (exact) mass is 574 g/mol. The van der Waals surface area contributed by atoms with Crippen LogP contribution in [0.15, 0.2) is 71.5 Å². The number of ether oxygens (including phenoxy) is 2. The van der Waals surface area contributed by atoms with Crippen molar-refractivity contribution < 1.29 is 14.4 Å². The van der Waals surface area contributed by atoms with E-state index in [2.05, 4.69) is 31.0 Å². The first kappa shape index (κ1) is 27.3. The summed E-state index contributed by atoms with van der Waals surface area (Å²) < 4.78 is 11.5. The van der Waals surface area contributed by atoms with Crippen molar-refractivity contribution in [1.29, 1.82) is 0 Å². The molecule has 0 aliphatic heterocycles. The second kappa shape index (κ2) is 11.8. The van der Waals surface area contributed by atoms with Crippen LogP contribution in [0.25, 0.3) is 22.5 Å². The van der Waals surface area contributed by atoms with Crippen LogP contribution in [0.1, 0.15) is 11.1 Å². The fourth-order valence-electron chi connectivity index (χ4n) is 4.27. The molecule has 0 saturated heterocycles. The van der Waals surface area contributed by atoms with Gasteiger partial charge in [0, 0.05) is 12.1 Å². The van der Waals surface area contributed by atoms with Crippen LogP contribution in [-0.4, -0.2) is 49.5 Å². The molecule has 3 aromatic carbocycles. The van der Waals surface area contributed by atoms with E-state index in [4.69, 9.17) is 21.1 Å². The first-order valence-corrected chi connectivity index (χ1v) is 12.6. The van der Waals surface area contributed by atoms with E-state index in [9.17, 15) is 14.9 Å². The minimum absolute atomic E-state index is 0.0257. The Morgan fingerprint density at radius 3 is 2.37 bits per heavy atom. The minimum atomic E-state index is -0.684. The molecule has 2 aromatic heterocycles. The van der Waals surface area contributed by atoms with Crippen LogP contribution in [-0.2, 0) is 13.1 Å². The Morgan fingerprint density at radius 1 is 1.00 bits per heavy atom. The van der Waals surface area contributed by atoms with Gasteiger partial charge < -0.3 is 24.9 Å². The summed E-state index contributed by atoms with van der Waals surface area (Å²) in [5.74, 6) is 0.918. The summed E-state index contributed by atoms with van der Waals surface area (Å²) in [5.41, 5.74) is 3.15. The Bertz CT molecular complexity index is 1760. The van der Waals surface area contributed by atoms with E-state index in [-0.39, 0.29) is 23.8 Å². The van der Waals surface area contributed by atoms with Gasteiger partial charge in [-0.1, -0.05) is 66.2 Å². The van der Waals surface area contributed by atoms with E-state index in [1.807, 2.05) is 36.4 Å². The molecule has 0 aliphatic rings. The first-order chi connectivity index (χ1) is 19.9. The van der Waals surface area contributed by atoms with Crippen LogP contribution < -0.4 is 20.3 Å². The van der Waals surface area contributed by atoms with E-state index < -0.39 is 16.3 Å². The number of H-pyrrole nitrogens is 1. The number of anilines is 1. The van der Waals surface area contributed by atoms with Crippen molar-refractivity contribution in [1.82, 2.24) is 30.4 Å². The van der Waals surface area contributed by atoms with Crippen molar-refractivity contribution in [3.05, 3.63) is 103 Å². The van der Waals surface area contributed by atoms with Crippen LogP contribution in [0.2, 0.25) is 5.02 Å². The lowest BCUT2D eigenvalue weighted by atomic mass is 9.98. The summed E-state index contributed by atoms with van der Waals surface area (Å²) in [6, 6.07) is 20.1. The normalized spacial score (nSPS) is 10.8. The largest absolute Gasteiger partial charge is 0.493 e. The molecule has 0 bridgehead atoms. The number of nitrogens with zero attached hydrogens (tertiary/aromatic N) is 6. The molecule has 0 fully saturated rings. The zero-order valence-corrected chi connectivity index (χ0v) is 22.6. The molecule has 13 nitrogen and oxygen atoms in total. The predicted octanol–water partition coefficient (Wildman–Crippen LogP) is 4.33.